The largest absolute Gasteiger partial charge is 0.478 e. The maximum absolute atomic E-state index is 11.8. The van der Waals surface area contributed by atoms with Gasteiger partial charge >= 0.3 is 5.97 Å². The maximum atomic E-state index is 11.8. The molecule has 21 heavy (non-hydrogen) atoms. The fourth-order valence-electron chi connectivity index (χ4n) is 2.33. The average Bonchev–Trinajstić information content (AvgIpc) is 2.76. The number of nitrogens with one attached hydrogen (secondary N) is 1. The van der Waals surface area contributed by atoms with E-state index in [0.29, 0.717) is 13.0 Å². The van der Waals surface area contributed by atoms with Gasteiger partial charge in [-0.2, -0.15) is 0 Å². The van der Waals surface area contributed by atoms with Gasteiger partial charge < -0.3 is 10.4 Å². The number of carbonyl (C=O) groups excluding carboxylic acids is 1. The van der Waals surface area contributed by atoms with Crippen LogP contribution < -0.4 is 5.32 Å². The quantitative estimate of drug-likeness (QED) is 0.838. The molecule has 1 fully saturated rings. The van der Waals surface area contributed by atoms with Gasteiger partial charge in [-0.3, -0.25) is 4.79 Å². The number of carbonyl (C=O) groups is 2. The third-order valence-corrected chi connectivity index (χ3v) is 5.33. The van der Waals surface area contributed by atoms with E-state index in [2.05, 4.69) is 5.32 Å². The van der Waals surface area contributed by atoms with Crippen molar-refractivity contribution in [1.29, 1.82) is 0 Å². The van der Waals surface area contributed by atoms with Crippen LogP contribution in [0.15, 0.2) is 24.3 Å². The van der Waals surface area contributed by atoms with Crippen molar-refractivity contribution in [2.75, 3.05) is 11.5 Å². The molecule has 7 heteroatoms. The Bertz CT molecular complexity index is 636. The van der Waals surface area contributed by atoms with Gasteiger partial charge in [-0.25, -0.2) is 13.2 Å². The van der Waals surface area contributed by atoms with Crippen molar-refractivity contribution in [2.45, 2.75) is 19.4 Å². The smallest absolute Gasteiger partial charge is 0.335 e. The molecule has 0 radical (unpaired) electrons. The van der Waals surface area contributed by atoms with Crippen LogP contribution in [0.25, 0.3) is 0 Å². The average molecular weight is 311 g/mol. The van der Waals surface area contributed by atoms with Gasteiger partial charge in [0.25, 0.3) is 0 Å². The molecule has 1 amide bonds. The van der Waals surface area contributed by atoms with Crippen molar-refractivity contribution < 1.29 is 23.1 Å². The fourth-order valence-corrected chi connectivity index (χ4v) is 4.20. The first-order valence-electron chi connectivity index (χ1n) is 6.65. The van der Waals surface area contributed by atoms with E-state index in [1.54, 1.807) is 12.1 Å². The van der Waals surface area contributed by atoms with E-state index < -0.39 is 15.8 Å². The number of sulfone groups is 1. The molecule has 1 heterocycles. The molecular formula is C14H17NO5S. The Hall–Kier alpha value is -1.89. The lowest BCUT2D eigenvalue weighted by Gasteiger charge is -2.09. The zero-order valence-corrected chi connectivity index (χ0v) is 12.2. The van der Waals surface area contributed by atoms with Crippen LogP contribution in [0.5, 0.6) is 0 Å². The van der Waals surface area contributed by atoms with Crippen LogP contribution in [-0.2, 0) is 21.2 Å². The highest BCUT2D eigenvalue weighted by atomic mass is 32.2. The molecule has 1 atom stereocenters. The molecule has 0 saturated carbocycles. The highest BCUT2D eigenvalue weighted by Gasteiger charge is 2.29. The predicted octanol–water partition coefficient (Wildman–Crippen LogP) is 0.826. The summed E-state index contributed by atoms with van der Waals surface area (Å²) in [4.78, 5) is 22.5. The van der Waals surface area contributed by atoms with Crippen molar-refractivity contribution in [2.24, 2.45) is 5.92 Å². The van der Waals surface area contributed by atoms with Crippen LogP contribution in [-0.4, -0.2) is 36.9 Å². The van der Waals surface area contributed by atoms with Crippen LogP contribution in [0, 0.1) is 5.92 Å². The van der Waals surface area contributed by atoms with Crippen molar-refractivity contribution in [1.82, 2.24) is 5.32 Å². The molecule has 1 aliphatic rings. The number of carboxylic acids is 1. The first-order valence-corrected chi connectivity index (χ1v) is 8.47. The van der Waals surface area contributed by atoms with Gasteiger partial charge in [0, 0.05) is 13.0 Å². The van der Waals surface area contributed by atoms with Gasteiger partial charge in [-0.15, -0.1) is 0 Å². The Morgan fingerprint density at radius 2 is 1.90 bits per heavy atom. The van der Waals surface area contributed by atoms with E-state index in [4.69, 9.17) is 5.11 Å². The van der Waals surface area contributed by atoms with Crippen molar-refractivity contribution >= 4 is 21.7 Å². The summed E-state index contributed by atoms with van der Waals surface area (Å²) in [5, 5.41) is 11.5. The summed E-state index contributed by atoms with van der Waals surface area (Å²) < 4.78 is 22.6. The first-order chi connectivity index (χ1) is 9.85. The lowest BCUT2D eigenvalue weighted by Crippen LogP contribution is -2.25. The Morgan fingerprint density at radius 3 is 2.43 bits per heavy atom. The molecule has 114 valence electrons. The summed E-state index contributed by atoms with van der Waals surface area (Å²) in [5.41, 5.74) is 0.994. The molecular weight excluding hydrogens is 294 g/mol. The second-order valence-corrected chi connectivity index (χ2v) is 7.48. The summed E-state index contributed by atoms with van der Waals surface area (Å²) in [5.74, 6) is -1.01. The monoisotopic (exact) mass is 311 g/mol. The highest BCUT2D eigenvalue weighted by Crippen LogP contribution is 2.21. The lowest BCUT2D eigenvalue weighted by molar-refractivity contribution is -0.122. The summed E-state index contributed by atoms with van der Waals surface area (Å²) >= 11 is 0. The molecule has 1 unspecified atom stereocenters. The molecule has 6 nitrogen and oxygen atoms in total. The van der Waals surface area contributed by atoms with E-state index in [1.807, 2.05) is 0 Å². The van der Waals surface area contributed by atoms with Crippen LogP contribution in [0.1, 0.15) is 28.8 Å². The van der Waals surface area contributed by atoms with Crippen molar-refractivity contribution in [3.63, 3.8) is 0 Å². The van der Waals surface area contributed by atoms with Crippen LogP contribution in [0.4, 0.5) is 0 Å². The zero-order chi connectivity index (χ0) is 15.5. The molecule has 1 saturated heterocycles. The number of hydrogen-bond donors (Lipinski definition) is 2. The molecule has 2 rings (SSSR count). The summed E-state index contributed by atoms with van der Waals surface area (Å²) in [6, 6.07) is 6.24. The molecule has 0 spiro atoms. The minimum Gasteiger partial charge on any atom is -0.478 e. The number of hydrogen-bond acceptors (Lipinski definition) is 4. The maximum Gasteiger partial charge on any atom is 0.335 e. The first kappa shape index (κ1) is 15.5. The van der Waals surface area contributed by atoms with Gasteiger partial charge in [-0.1, -0.05) is 12.1 Å². The topological polar surface area (TPSA) is 101 Å². The second kappa shape index (κ2) is 6.26. The molecule has 1 aromatic carbocycles. The number of carboxylic acid groups (broad SMARTS) is 1. The normalized spacial score (nSPS) is 20.1. The predicted molar refractivity (Wildman–Crippen MR) is 76.6 cm³/mol. The van der Waals surface area contributed by atoms with Crippen molar-refractivity contribution in [3.8, 4) is 0 Å². The lowest BCUT2D eigenvalue weighted by atomic mass is 10.0. The zero-order valence-electron chi connectivity index (χ0n) is 11.4. The molecule has 2 N–H and O–H groups in total. The van der Waals surface area contributed by atoms with Gasteiger partial charge in [0.2, 0.25) is 5.91 Å². The third-order valence-electron chi connectivity index (χ3n) is 3.49. The summed E-state index contributed by atoms with van der Waals surface area (Å²) in [7, 11) is -2.96. The Kier molecular flexibility index (Phi) is 4.62. The van der Waals surface area contributed by atoms with Gasteiger partial charge in [0.1, 0.15) is 0 Å². The van der Waals surface area contributed by atoms with Gasteiger partial charge in [-0.05, 0) is 30.0 Å². The molecule has 0 bridgehead atoms. The van der Waals surface area contributed by atoms with E-state index in [0.717, 1.165) is 5.56 Å². The van der Waals surface area contributed by atoms with Crippen LogP contribution >= 0.6 is 0 Å². The summed E-state index contributed by atoms with van der Waals surface area (Å²) in [6.07, 6.45) is 0.759. The number of rotatable bonds is 5. The summed E-state index contributed by atoms with van der Waals surface area (Å²) in [6.45, 7) is 0.304. The Balaban J connectivity index is 1.80. The molecule has 1 aliphatic heterocycles. The molecule has 1 aromatic rings. The molecule has 0 aliphatic carbocycles. The number of aromatic carboxylic acids is 1. The standard InChI is InChI=1S/C14H17NO5S/c16-13(7-11-5-6-21(19,20)9-11)15-8-10-1-3-12(4-2-10)14(17)18/h1-4,11H,5-9H2,(H,15,16)(H,17,18). The molecule has 0 aromatic heterocycles. The second-order valence-electron chi connectivity index (χ2n) is 5.25. The minimum atomic E-state index is -2.96. The van der Waals surface area contributed by atoms with E-state index in [1.165, 1.54) is 12.1 Å². The Morgan fingerprint density at radius 1 is 1.24 bits per heavy atom. The third kappa shape index (κ3) is 4.56. The SMILES string of the molecule is O=C(CC1CCS(=O)(=O)C1)NCc1ccc(C(=O)O)cc1. The fraction of sp³-hybridized carbons (Fsp3) is 0.429. The minimum absolute atomic E-state index is 0.0910. The Labute approximate surface area is 123 Å². The highest BCUT2D eigenvalue weighted by molar-refractivity contribution is 7.91. The van der Waals surface area contributed by atoms with E-state index in [9.17, 15) is 18.0 Å². The number of amides is 1. The van der Waals surface area contributed by atoms with Crippen molar-refractivity contribution in [3.05, 3.63) is 35.4 Å². The number of benzene rings is 1. The van der Waals surface area contributed by atoms with Crippen LogP contribution in [0.3, 0.4) is 0 Å². The van der Waals surface area contributed by atoms with Crippen LogP contribution in [0.2, 0.25) is 0 Å². The van der Waals surface area contributed by atoms with E-state index in [-0.39, 0.29) is 35.3 Å². The van der Waals surface area contributed by atoms with Gasteiger partial charge in [0.05, 0.1) is 17.1 Å². The van der Waals surface area contributed by atoms with Gasteiger partial charge in [0.15, 0.2) is 9.84 Å². The van der Waals surface area contributed by atoms with E-state index >= 15 is 0 Å².